The zero-order valence-electron chi connectivity index (χ0n) is 10.8. The third-order valence-corrected chi connectivity index (χ3v) is 3.43. The van der Waals surface area contributed by atoms with E-state index in [-0.39, 0.29) is 5.69 Å². The van der Waals surface area contributed by atoms with E-state index >= 15 is 0 Å². The van der Waals surface area contributed by atoms with Gasteiger partial charge in [0.2, 0.25) is 0 Å². The number of hydrogen-bond donors (Lipinski definition) is 2. The second-order valence-electron chi connectivity index (χ2n) is 4.21. The maximum atomic E-state index is 13.7. The first kappa shape index (κ1) is 14.3. The van der Waals surface area contributed by atoms with Gasteiger partial charge in [-0.1, -0.05) is 0 Å². The minimum absolute atomic E-state index is 0.177. The summed E-state index contributed by atoms with van der Waals surface area (Å²) < 4.78 is 13.7. The summed E-state index contributed by atoms with van der Waals surface area (Å²) in [4.78, 5) is 19.6. The third kappa shape index (κ3) is 3.05. The number of rotatable bonds is 3. The molecule has 0 saturated heterocycles. The fourth-order valence-electron chi connectivity index (χ4n) is 1.66. The minimum Gasteiger partial charge on any atom is -0.478 e. The molecular weight excluding hydrogens is 281 g/mol. The summed E-state index contributed by atoms with van der Waals surface area (Å²) >= 11 is 1.10. The van der Waals surface area contributed by atoms with E-state index in [1.165, 1.54) is 0 Å². The summed E-state index contributed by atoms with van der Waals surface area (Å²) in [6.45, 7) is 3.66. The van der Waals surface area contributed by atoms with Crippen LogP contribution in [-0.2, 0) is 0 Å². The van der Waals surface area contributed by atoms with Gasteiger partial charge in [0.05, 0.1) is 5.56 Å². The molecule has 0 atom stereocenters. The molecule has 5 nitrogen and oxygen atoms in total. The average Bonchev–Trinajstić information content (AvgIpc) is 2.31. The van der Waals surface area contributed by atoms with Crippen LogP contribution < -0.4 is 5.73 Å². The summed E-state index contributed by atoms with van der Waals surface area (Å²) in [6.07, 6.45) is 0. The summed E-state index contributed by atoms with van der Waals surface area (Å²) in [6, 6.07) is 4.01. The molecular formula is C13H12FN3O2S. The number of hydrogen-bond acceptors (Lipinski definition) is 5. The van der Waals surface area contributed by atoms with Gasteiger partial charge in [0.1, 0.15) is 5.82 Å². The molecule has 0 saturated carbocycles. The number of nitrogen functional groups attached to an aromatic ring is 1. The highest BCUT2D eigenvalue weighted by molar-refractivity contribution is 7.99. The van der Waals surface area contributed by atoms with Crippen LogP contribution in [0.2, 0.25) is 0 Å². The van der Waals surface area contributed by atoms with Crippen LogP contribution in [0.25, 0.3) is 0 Å². The normalized spacial score (nSPS) is 10.6. The molecule has 0 aliphatic rings. The van der Waals surface area contributed by atoms with E-state index < -0.39 is 17.3 Å². The van der Waals surface area contributed by atoms with Crippen molar-refractivity contribution in [2.24, 2.45) is 0 Å². The number of carboxylic acids is 1. The molecule has 0 radical (unpaired) electrons. The molecule has 2 aromatic rings. The van der Waals surface area contributed by atoms with Gasteiger partial charge >= 0.3 is 5.97 Å². The van der Waals surface area contributed by atoms with Gasteiger partial charge in [-0.2, -0.15) is 0 Å². The molecule has 0 fully saturated rings. The second kappa shape index (κ2) is 5.46. The Kier molecular flexibility index (Phi) is 3.89. The smallest absolute Gasteiger partial charge is 0.338 e. The fraction of sp³-hybridized carbons (Fsp3) is 0.154. The van der Waals surface area contributed by atoms with Crippen molar-refractivity contribution in [3.63, 3.8) is 0 Å². The Morgan fingerprint density at radius 2 is 1.85 bits per heavy atom. The third-order valence-electron chi connectivity index (χ3n) is 2.49. The standard InChI is InChI=1S/C13H12FN3O2S/c1-6-3-7(2)17-13(16-6)20-11-5-9(14)8(12(18)19)4-10(11)15/h3-5H,15H2,1-2H3,(H,18,19). The lowest BCUT2D eigenvalue weighted by molar-refractivity contribution is 0.0692. The summed E-state index contributed by atoms with van der Waals surface area (Å²) in [7, 11) is 0. The maximum absolute atomic E-state index is 13.7. The van der Waals surface area contributed by atoms with E-state index in [0.29, 0.717) is 10.1 Å². The van der Waals surface area contributed by atoms with Crippen molar-refractivity contribution in [3.8, 4) is 0 Å². The highest BCUT2D eigenvalue weighted by atomic mass is 32.2. The van der Waals surface area contributed by atoms with Crippen LogP contribution in [0.4, 0.5) is 10.1 Å². The van der Waals surface area contributed by atoms with Crippen molar-refractivity contribution < 1.29 is 14.3 Å². The predicted octanol–water partition coefficient (Wildman–Crippen LogP) is 2.66. The number of carboxylic acid groups (broad SMARTS) is 1. The highest BCUT2D eigenvalue weighted by Gasteiger charge is 2.15. The van der Waals surface area contributed by atoms with Crippen LogP contribution in [0, 0.1) is 19.7 Å². The van der Waals surface area contributed by atoms with Gasteiger partial charge in [0, 0.05) is 22.0 Å². The summed E-state index contributed by atoms with van der Waals surface area (Å²) in [5.41, 5.74) is 7.06. The van der Waals surface area contributed by atoms with Crippen LogP contribution in [0.1, 0.15) is 21.7 Å². The molecule has 3 N–H and O–H groups in total. The van der Waals surface area contributed by atoms with Gasteiger partial charge < -0.3 is 10.8 Å². The fourth-order valence-corrected chi connectivity index (χ4v) is 2.58. The molecule has 0 spiro atoms. The minimum atomic E-state index is -1.35. The van der Waals surface area contributed by atoms with Crippen molar-refractivity contribution in [1.29, 1.82) is 0 Å². The number of aryl methyl sites for hydroxylation is 2. The molecule has 20 heavy (non-hydrogen) atoms. The van der Waals surface area contributed by atoms with Gasteiger partial charge in [0.15, 0.2) is 5.16 Å². The Labute approximate surface area is 119 Å². The molecule has 104 valence electrons. The van der Waals surface area contributed by atoms with Gasteiger partial charge in [0.25, 0.3) is 0 Å². The number of benzene rings is 1. The Hall–Kier alpha value is -2.15. The number of halogens is 1. The van der Waals surface area contributed by atoms with Gasteiger partial charge in [-0.25, -0.2) is 19.2 Å². The Balaban J connectivity index is 2.39. The van der Waals surface area contributed by atoms with Crippen LogP contribution in [0.3, 0.4) is 0 Å². The van der Waals surface area contributed by atoms with Gasteiger partial charge in [-0.15, -0.1) is 0 Å². The first-order chi connectivity index (χ1) is 9.36. The van der Waals surface area contributed by atoms with Crippen molar-refractivity contribution in [2.75, 3.05) is 5.73 Å². The van der Waals surface area contributed by atoms with Crippen LogP contribution in [0.5, 0.6) is 0 Å². The summed E-state index contributed by atoms with van der Waals surface area (Å²) in [5, 5.41) is 9.26. The first-order valence-corrected chi connectivity index (χ1v) is 6.51. The highest BCUT2D eigenvalue weighted by Crippen LogP contribution is 2.32. The van der Waals surface area contributed by atoms with Crippen LogP contribution >= 0.6 is 11.8 Å². The van der Waals surface area contributed by atoms with Crippen molar-refractivity contribution >= 4 is 23.4 Å². The van der Waals surface area contributed by atoms with Crippen LogP contribution in [0.15, 0.2) is 28.3 Å². The number of carbonyl (C=O) groups is 1. The van der Waals surface area contributed by atoms with Gasteiger partial charge in [-0.3, -0.25) is 0 Å². The molecule has 1 aromatic carbocycles. The molecule has 0 aliphatic carbocycles. The molecule has 0 unspecified atom stereocenters. The Morgan fingerprint density at radius 1 is 1.25 bits per heavy atom. The molecule has 1 heterocycles. The largest absolute Gasteiger partial charge is 0.478 e. The molecule has 0 bridgehead atoms. The summed E-state index contributed by atoms with van der Waals surface area (Å²) in [5.74, 6) is -2.19. The van der Waals surface area contributed by atoms with Crippen LogP contribution in [-0.4, -0.2) is 21.0 Å². The lowest BCUT2D eigenvalue weighted by Gasteiger charge is -2.07. The van der Waals surface area contributed by atoms with Crippen molar-refractivity contribution in [3.05, 3.63) is 41.0 Å². The van der Waals surface area contributed by atoms with E-state index in [9.17, 15) is 9.18 Å². The lowest BCUT2D eigenvalue weighted by atomic mass is 10.2. The zero-order chi connectivity index (χ0) is 14.9. The lowest BCUT2D eigenvalue weighted by Crippen LogP contribution is -2.03. The number of anilines is 1. The average molecular weight is 293 g/mol. The molecule has 0 amide bonds. The second-order valence-corrected chi connectivity index (χ2v) is 5.22. The van der Waals surface area contributed by atoms with Gasteiger partial charge in [-0.05, 0) is 43.8 Å². The monoisotopic (exact) mass is 293 g/mol. The predicted molar refractivity (Wildman–Crippen MR) is 73.4 cm³/mol. The van der Waals surface area contributed by atoms with E-state index in [4.69, 9.17) is 10.8 Å². The number of aromatic carboxylic acids is 1. The molecule has 7 heteroatoms. The molecule has 2 rings (SSSR count). The van der Waals surface area contributed by atoms with E-state index in [2.05, 4.69) is 9.97 Å². The van der Waals surface area contributed by atoms with E-state index in [1.54, 1.807) is 0 Å². The Bertz CT molecular complexity index is 671. The SMILES string of the molecule is Cc1cc(C)nc(Sc2cc(F)c(C(=O)O)cc2N)n1. The number of aromatic nitrogens is 2. The number of nitrogens with two attached hydrogens (primary N) is 1. The maximum Gasteiger partial charge on any atom is 0.338 e. The molecule has 0 aliphatic heterocycles. The first-order valence-electron chi connectivity index (χ1n) is 5.69. The zero-order valence-corrected chi connectivity index (χ0v) is 11.7. The molecule has 1 aromatic heterocycles. The van der Waals surface area contributed by atoms with E-state index in [1.807, 2.05) is 19.9 Å². The Morgan fingerprint density at radius 3 is 2.40 bits per heavy atom. The van der Waals surface area contributed by atoms with E-state index in [0.717, 1.165) is 35.3 Å². The number of nitrogens with zero attached hydrogens (tertiary/aromatic N) is 2. The quantitative estimate of drug-likeness (QED) is 0.668. The van der Waals surface area contributed by atoms with Crippen molar-refractivity contribution in [1.82, 2.24) is 9.97 Å². The topological polar surface area (TPSA) is 89.1 Å². The van der Waals surface area contributed by atoms with Crippen molar-refractivity contribution in [2.45, 2.75) is 23.9 Å².